The first-order valence-electron chi connectivity index (χ1n) is 9.89. The molecule has 0 aliphatic rings. The van der Waals surface area contributed by atoms with Crippen molar-refractivity contribution in [2.75, 3.05) is 0 Å². The van der Waals surface area contributed by atoms with Crippen LogP contribution in [0, 0.1) is 0 Å². The van der Waals surface area contributed by atoms with Gasteiger partial charge < -0.3 is 0 Å². The molecule has 0 bridgehead atoms. The molecule has 0 aliphatic heterocycles. The molecule has 0 saturated carbocycles. The maximum atomic E-state index is 5.03. The molecule has 7 rings (SSSR count). The minimum Gasteiger partial charge on any atom is -0.292 e. The highest BCUT2D eigenvalue weighted by Crippen LogP contribution is 2.33. The summed E-state index contributed by atoms with van der Waals surface area (Å²) in [5.74, 6) is 0.722. The summed E-state index contributed by atoms with van der Waals surface area (Å²) in [7, 11) is 0. The number of para-hydroxylation sites is 2. The van der Waals surface area contributed by atoms with Gasteiger partial charge in [-0.15, -0.1) is 0 Å². The maximum Gasteiger partial charge on any atom is 0.157 e. The summed E-state index contributed by atoms with van der Waals surface area (Å²) in [6, 6.07) is 16.7. The molecule has 3 aromatic carbocycles. The highest BCUT2D eigenvalue weighted by Gasteiger charge is 2.17. The van der Waals surface area contributed by atoms with E-state index in [-0.39, 0.29) is 0 Å². The van der Waals surface area contributed by atoms with Gasteiger partial charge in [0.25, 0.3) is 0 Å². The Bertz CT molecular complexity index is 1710. The first-order chi connectivity index (χ1) is 15.4. The van der Waals surface area contributed by atoms with Crippen LogP contribution in [0.5, 0.6) is 0 Å². The minimum absolute atomic E-state index is 0.662. The monoisotopic (exact) mass is 399 g/mol. The average Bonchev–Trinajstić information content (AvgIpc) is 3.18. The van der Waals surface area contributed by atoms with Gasteiger partial charge in [0.05, 0.1) is 17.2 Å². The van der Waals surface area contributed by atoms with Gasteiger partial charge in [0.15, 0.2) is 5.82 Å². The lowest BCUT2D eigenvalue weighted by Gasteiger charge is -2.10. The average molecular weight is 399 g/mol. The normalized spacial score (nSPS) is 11.9. The number of aromatic nitrogens is 7. The summed E-state index contributed by atoms with van der Waals surface area (Å²) in [4.78, 5) is 27.9. The maximum absolute atomic E-state index is 5.03. The van der Waals surface area contributed by atoms with Crippen molar-refractivity contribution in [2.24, 2.45) is 0 Å². The Morgan fingerprint density at radius 3 is 1.48 bits per heavy atom. The van der Waals surface area contributed by atoms with E-state index in [4.69, 9.17) is 9.97 Å². The van der Waals surface area contributed by atoms with E-state index in [9.17, 15) is 0 Å². The Morgan fingerprint density at radius 2 is 0.935 bits per heavy atom. The number of rotatable bonds is 1. The first kappa shape index (κ1) is 16.3. The van der Waals surface area contributed by atoms with Crippen molar-refractivity contribution in [3.63, 3.8) is 0 Å². The molecule has 7 aromatic rings. The van der Waals surface area contributed by atoms with Crippen molar-refractivity contribution in [2.45, 2.75) is 0 Å². The molecule has 0 spiro atoms. The van der Waals surface area contributed by atoms with Crippen LogP contribution >= 0.6 is 0 Å². The Labute approximate surface area is 175 Å². The second-order valence-electron chi connectivity index (χ2n) is 7.30. The third kappa shape index (κ3) is 2.17. The van der Waals surface area contributed by atoms with Gasteiger partial charge in [0, 0.05) is 35.6 Å². The molecular weight excluding hydrogens is 386 g/mol. The summed E-state index contributed by atoms with van der Waals surface area (Å²) < 4.78 is 2.14. The zero-order valence-corrected chi connectivity index (χ0v) is 16.1. The number of benzene rings is 3. The van der Waals surface area contributed by atoms with Gasteiger partial charge in [-0.3, -0.25) is 24.5 Å². The molecule has 144 valence electrons. The Morgan fingerprint density at radius 1 is 0.484 bits per heavy atom. The minimum atomic E-state index is 0.662. The molecule has 31 heavy (non-hydrogen) atoms. The summed E-state index contributed by atoms with van der Waals surface area (Å²) in [6.45, 7) is 0. The first-order valence-corrected chi connectivity index (χ1v) is 9.89. The predicted octanol–water partition coefficient (Wildman–Crippen LogP) is 4.61. The van der Waals surface area contributed by atoms with Gasteiger partial charge in [-0.25, -0.2) is 9.97 Å². The molecule has 4 heterocycles. The van der Waals surface area contributed by atoms with Crippen molar-refractivity contribution >= 4 is 54.9 Å². The zero-order valence-electron chi connectivity index (χ0n) is 16.1. The Hall–Kier alpha value is -4.52. The van der Waals surface area contributed by atoms with Crippen LogP contribution in [0.2, 0.25) is 0 Å². The molecule has 0 fully saturated rings. The van der Waals surface area contributed by atoms with Gasteiger partial charge in [0.2, 0.25) is 0 Å². The van der Waals surface area contributed by atoms with Gasteiger partial charge in [0.1, 0.15) is 33.1 Å². The van der Waals surface area contributed by atoms with Gasteiger partial charge in [-0.2, -0.15) is 0 Å². The molecule has 7 nitrogen and oxygen atoms in total. The standard InChI is InChI=1S/C24H13N7/c1-3-7-16-14(5-1)15-6-2-4-8-17(15)31(16)18-13-29-23-21-19(25-9-10-27-21)20-22(24(23)30-18)28-12-11-26-20/h1-13H. The molecule has 0 saturated heterocycles. The van der Waals surface area contributed by atoms with Crippen LogP contribution in [0.1, 0.15) is 0 Å². The fraction of sp³-hybridized carbons (Fsp3) is 0. The summed E-state index contributed by atoms with van der Waals surface area (Å²) in [6.07, 6.45) is 8.43. The van der Waals surface area contributed by atoms with E-state index in [2.05, 4.69) is 60.9 Å². The van der Waals surface area contributed by atoms with E-state index in [1.165, 1.54) is 10.8 Å². The van der Waals surface area contributed by atoms with Crippen molar-refractivity contribution in [3.05, 3.63) is 79.5 Å². The van der Waals surface area contributed by atoms with Crippen LogP contribution < -0.4 is 0 Å². The predicted molar refractivity (Wildman–Crippen MR) is 120 cm³/mol. The molecule has 0 radical (unpaired) electrons. The SMILES string of the molecule is c1ccc2c(c1)c1ccccc1n2-c1cnc2c3nccnc3c3nccnc3c2n1. The fourth-order valence-corrected chi connectivity index (χ4v) is 4.36. The molecule has 0 N–H and O–H groups in total. The number of hydrogen-bond donors (Lipinski definition) is 0. The summed E-state index contributed by atoms with van der Waals surface area (Å²) in [5.41, 5.74) is 6.17. The van der Waals surface area contributed by atoms with E-state index < -0.39 is 0 Å². The number of nitrogens with zero attached hydrogens (tertiary/aromatic N) is 7. The summed E-state index contributed by atoms with van der Waals surface area (Å²) >= 11 is 0. The van der Waals surface area contributed by atoms with Crippen LogP contribution in [-0.4, -0.2) is 34.5 Å². The van der Waals surface area contributed by atoms with Crippen molar-refractivity contribution < 1.29 is 0 Å². The lowest BCUT2D eigenvalue weighted by atomic mass is 10.2. The highest BCUT2D eigenvalue weighted by atomic mass is 15.1. The van der Waals surface area contributed by atoms with Crippen LogP contribution in [0.4, 0.5) is 0 Å². The molecule has 7 heteroatoms. The molecule has 0 atom stereocenters. The Balaban J connectivity index is 1.66. The largest absolute Gasteiger partial charge is 0.292 e. The van der Waals surface area contributed by atoms with Crippen molar-refractivity contribution in [3.8, 4) is 5.82 Å². The quantitative estimate of drug-likeness (QED) is 0.375. The lowest BCUT2D eigenvalue weighted by molar-refractivity contribution is 1.08. The Kier molecular flexibility index (Phi) is 3.15. The highest BCUT2D eigenvalue weighted by molar-refractivity contribution is 6.18. The van der Waals surface area contributed by atoms with E-state index >= 15 is 0 Å². The molecule has 0 amide bonds. The van der Waals surface area contributed by atoms with Crippen molar-refractivity contribution in [1.82, 2.24) is 34.5 Å². The van der Waals surface area contributed by atoms with Gasteiger partial charge >= 0.3 is 0 Å². The van der Waals surface area contributed by atoms with Crippen LogP contribution in [-0.2, 0) is 0 Å². The topological polar surface area (TPSA) is 82.3 Å². The van der Waals surface area contributed by atoms with Crippen LogP contribution in [0.15, 0.2) is 79.5 Å². The zero-order chi connectivity index (χ0) is 20.4. The number of fused-ring (bicyclic) bond motifs is 9. The van der Waals surface area contributed by atoms with Crippen LogP contribution in [0.25, 0.3) is 60.7 Å². The van der Waals surface area contributed by atoms with Crippen LogP contribution in [0.3, 0.4) is 0 Å². The lowest BCUT2D eigenvalue weighted by Crippen LogP contribution is -2.01. The second kappa shape index (κ2) is 5.99. The molecule has 0 aliphatic carbocycles. The fourth-order valence-electron chi connectivity index (χ4n) is 4.36. The number of hydrogen-bond acceptors (Lipinski definition) is 6. The van der Waals surface area contributed by atoms with E-state index in [1.54, 1.807) is 31.0 Å². The third-order valence-electron chi connectivity index (χ3n) is 5.64. The molecule has 0 unspecified atom stereocenters. The molecular formula is C24H13N7. The van der Waals surface area contributed by atoms with E-state index in [0.717, 1.165) is 16.9 Å². The smallest absolute Gasteiger partial charge is 0.157 e. The van der Waals surface area contributed by atoms with E-state index in [1.807, 2.05) is 12.1 Å². The van der Waals surface area contributed by atoms with Gasteiger partial charge in [-0.05, 0) is 12.1 Å². The molecule has 4 aromatic heterocycles. The second-order valence-corrected chi connectivity index (χ2v) is 7.30. The summed E-state index contributed by atoms with van der Waals surface area (Å²) in [5, 5.41) is 2.35. The van der Waals surface area contributed by atoms with Gasteiger partial charge in [-0.1, -0.05) is 36.4 Å². The van der Waals surface area contributed by atoms with E-state index in [0.29, 0.717) is 33.1 Å². The van der Waals surface area contributed by atoms with Crippen molar-refractivity contribution in [1.29, 1.82) is 0 Å². The third-order valence-corrected chi connectivity index (χ3v) is 5.64.